The molecule has 2 unspecified atom stereocenters. The lowest BCUT2D eigenvalue weighted by molar-refractivity contribution is 0.263. The van der Waals surface area contributed by atoms with Gasteiger partial charge in [0.05, 0.1) is 0 Å². The molecular weight excluding hydrogens is 238 g/mol. The maximum atomic E-state index is 3.60. The number of rotatable bonds is 8. The van der Waals surface area contributed by atoms with Crippen molar-refractivity contribution in [1.82, 2.24) is 4.90 Å². The van der Waals surface area contributed by atoms with Gasteiger partial charge in [0, 0.05) is 17.9 Å². The first-order chi connectivity index (χ1) is 6.60. The number of hydrogen-bond donors (Lipinski definition) is 0. The molecule has 2 atom stereocenters. The Labute approximate surface area is 98.4 Å². The van der Waals surface area contributed by atoms with Crippen molar-refractivity contribution in [3.05, 3.63) is 0 Å². The van der Waals surface area contributed by atoms with Crippen LogP contribution in [0.5, 0.6) is 0 Å². The number of halogens is 1. The van der Waals surface area contributed by atoms with Gasteiger partial charge in [-0.05, 0) is 19.4 Å². The van der Waals surface area contributed by atoms with Gasteiger partial charge in [0.1, 0.15) is 0 Å². The van der Waals surface area contributed by atoms with E-state index in [9.17, 15) is 0 Å². The number of unbranched alkanes of at least 4 members (excludes halogenated alkanes) is 1. The highest BCUT2D eigenvalue weighted by Crippen LogP contribution is 2.14. The Morgan fingerprint density at radius 3 is 2.29 bits per heavy atom. The lowest BCUT2D eigenvalue weighted by atomic mass is 9.99. The predicted octanol–water partition coefficient (Wildman–Crippen LogP) is 3.92. The van der Waals surface area contributed by atoms with Crippen molar-refractivity contribution in [2.75, 3.05) is 20.1 Å². The summed E-state index contributed by atoms with van der Waals surface area (Å²) in [5.41, 5.74) is 0. The van der Waals surface area contributed by atoms with Crippen LogP contribution in [0.1, 0.15) is 46.5 Å². The lowest BCUT2D eigenvalue weighted by Crippen LogP contribution is -2.29. The molecule has 0 aliphatic carbocycles. The molecule has 0 bridgehead atoms. The number of alkyl halides is 1. The summed E-state index contributed by atoms with van der Waals surface area (Å²) in [5, 5.41) is 0. The normalized spacial score (nSPS) is 15.9. The Morgan fingerprint density at radius 1 is 1.21 bits per heavy atom. The average Bonchev–Trinajstić information content (AvgIpc) is 2.10. The van der Waals surface area contributed by atoms with E-state index in [0.717, 1.165) is 12.5 Å². The van der Waals surface area contributed by atoms with Crippen LogP contribution in [0.3, 0.4) is 0 Å². The molecule has 0 aliphatic heterocycles. The van der Waals surface area contributed by atoms with Gasteiger partial charge in [-0.1, -0.05) is 56.0 Å². The molecule has 0 aromatic heterocycles. The van der Waals surface area contributed by atoms with Crippen LogP contribution in [0.2, 0.25) is 0 Å². The highest BCUT2D eigenvalue weighted by Gasteiger charge is 2.10. The molecule has 14 heavy (non-hydrogen) atoms. The molecule has 0 spiro atoms. The summed E-state index contributed by atoms with van der Waals surface area (Å²) < 4.78 is 0. The largest absolute Gasteiger partial charge is 0.305 e. The molecule has 0 radical (unpaired) electrons. The Bertz CT molecular complexity index is 125. The molecule has 86 valence electrons. The summed E-state index contributed by atoms with van der Waals surface area (Å²) in [4.78, 5) is 3.06. The third-order valence-corrected chi connectivity index (χ3v) is 2.97. The van der Waals surface area contributed by atoms with Gasteiger partial charge in [-0.25, -0.2) is 0 Å². The average molecular weight is 264 g/mol. The molecule has 0 aliphatic rings. The Balaban J connectivity index is 3.68. The molecule has 0 amide bonds. The van der Waals surface area contributed by atoms with Crippen LogP contribution in [-0.2, 0) is 0 Å². The zero-order chi connectivity index (χ0) is 11.0. The minimum atomic E-state index is 0.608. The van der Waals surface area contributed by atoms with E-state index in [1.165, 1.54) is 32.2 Å². The van der Waals surface area contributed by atoms with Gasteiger partial charge >= 0.3 is 0 Å². The maximum Gasteiger partial charge on any atom is 0.0244 e. The molecule has 0 rings (SSSR count). The zero-order valence-corrected chi connectivity index (χ0v) is 11.8. The van der Waals surface area contributed by atoms with Crippen LogP contribution in [0.15, 0.2) is 0 Å². The van der Waals surface area contributed by atoms with Crippen molar-refractivity contribution >= 4 is 15.9 Å². The van der Waals surface area contributed by atoms with E-state index in [1.807, 2.05) is 0 Å². The smallest absolute Gasteiger partial charge is 0.0244 e. The first kappa shape index (κ1) is 14.4. The van der Waals surface area contributed by atoms with Crippen molar-refractivity contribution in [1.29, 1.82) is 0 Å². The van der Waals surface area contributed by atoms with Crippen LogP contribution in [0, 0.1) is 5.92 Å². The SMILES string of the molecule is CCCCC(CC)CN(C)CC(C)Br. The van der Waals surface area contributed by atoms with Crippen LogP contribution < -0.4 is 0 Å². The van der Waals surface area contributed by atoms with Crippen LogP contribution >= 0.6 is 15.9 Å². The second-order valence-corrected chi connectivity index (χ2v) is 5.98. The summed E-state index contributed by atoms with van der Waals surface area (Å²) in [6, 6.07) is 0. The van der Waals surface area contributed by atoms with E-state index < -0.39 is 0 Å². The highest BCUT2D eigenvalue weighted by atomic mass is 79.9. The van der Waals surface area contributed by atoms with Gasteiger partial charge in [0.2, 0.25) is 0 Å². The maximum absolute atomic E-state index is 3.60. The number of nitrogens with zero attached hydrogens (tertiary/aromatic N) is 1. The van der Waals surface area contributed by atoms with Gasteiger partial charge in [0.25, 0.3) is 0 Å². The second kappa shape index (κ2) is 8.72. The predicted molar refractivity (Wildman–Crippen MR) is 69.2 cm³/mol. The summed E-state index contributed by atoms with van der Waals surface area (Å²) in [6.07, 6.45) is 5.43. The van der Waals surface area contributed by atoms with Gasteiger partial charge in [-0.3, -0.25) is 0 Å². The third kappa shape index (κ3) is 7.81. The fourth-order valence-electron chi connectivity index (χ4n) is 1.86. The topological polar surface area (TPSA) is 3.24 Å². The molecule has 0 N–H and O–H groups in total. The first-order valence-electron chi connectivity index (χ1n) is 5.92. The highest BCUT2D eigenvalue weighted by molar-refractivity contribution is 9.09. The number of hydrogen-bond acceptors (Lipinski definition) is 1. The fourth-order valence-corrected chi connectivity index (χ4v) is 2.36. The molecule has 0 aromatic carbocycles. The fraction of sp³-hybridized carbons (Fsp3) is 1.00. The van der Waals surface area contributed by atoms with Crippen molar-refractivity contribution < 1.29 is 0 Å². The first-order valence-corrected chi connectivity index (χ1v) is 6.84. The van der Waals surface area contributed by atoms with E-state index in [4.69, 9.17) is 0 Å². The Kier molecular flexibility index (Phi) is 9.00. The standard InChI is InChI=1S/C12H26BrN/c1-5-7-8-12(6-2)10-14(4)9-11(3)13/h11-12H,5-10H2,1-4H3. The summed E-state index contributed by atoms with van der Waals surface area (Å²) in [7, 11) is 2.23. The summed E-state index contributed by atoms with van der Waals surface area (Å²) in [6.45, 7) is 9.21. The quantitative estimate of drug-likeness (QED) is 0.601. The molecule has 0 heterocycles. The van der Waals surface area contributed by atoms with Crippen LogP contribution in [0.4, 0.5) is 0 Å². The molecule has 0 fully saturated rings. The third-order valence-electron chi connectivity index (χ3n) is 2.68. The van der Waals surface area contributed by atoms with E-state index in [0.29, 0.717) is 4.83 Å². The van der Waals surface area contributed by atoms with E-state index in [1.54, 1.807) is 0 Å². The molecule has 0 saturated heterocycles. The van der Waals surface area contributed by atoms with Crippen molar-refractivity contribution in [3.63, 3.8) is 0 Å². The van der Waals surface area contributed by atoms with Gasteiger partial charge in [-0.2, -0.15) is 0 Å². The Morgan fingerprint density at radius 2 is 1.86 bits per heavy atom. The van der Waals surface area contributed by atoms with Crippen molar-refractivity contribution in [2.45, 2.75) is 51.3 Å². The second-order valence-electron chi connectivity index (χ2n) is 4.42. The molecule has 0 saturated carbocycles. The van der Waals surface area contributed by atoms with Crippen LogP contribution in [-0.4, -0.2) is 29.9 Å². The minimum absolute atomic E-state index is 0.608. The molecule has 0 aromatic rings. The minimum Gasteiger partial charge on any atom is -0.305 e. The zero-order valence-electron chi connectivity index (χ0n) is 10.2. The molecular formula is C12H26BrN. The van der Waals surface area contributed by atoms with Crippen molar-refractivity contribution in [2.24, 2.45) is 5.92 Å². The van der Waals surface area contributed by atoms with E-state index in [2.05, 4.69) is 48.6 Å². The van der Waals surface area contributed by atoms with E-state index in [-0.39, 0.29) is 0 Å². The van der Waals surface area contributed by atoms with Crippen LogP contribution in [0.25, 0.3) is 0 Å². The molecule has 1 nitrogen and oxygen atoms in total. The summed E-state index contributed by atoms with van der Waals surface area (Å²) >= 11 is 3.60. The monoisotopic (exact) mass is 263 g/mol. The van der Waals surface area contributed by atoms with Gasteiger partial charge in [-0.15, -0.1) is 0 Å². The van der Waals surface area contributed by atoms with Gasteiger partial charge in [0.15, 0.2) is 0 Å². The Hall–Kier alpha value is 0.440. The molecule has 2 heteroatoms. The summed E-state index contributed by atoms with van der Waals surface area (Å²) in [5.74, 6) is 0.895. The van der Waals surface area contributed by atoms with Crippen molar-refractivity contribution in [3.8, 4) is 0 Å². The lowest BCUT2D eigenvalue weighted by Gasteiger charge is -2.24. The van der Waals surface area contributed by atoms with E-state index >= 15 is 0 Å². The van der Waals surface area contributed by atoms with Gasteiger partial charge < -0.3 is 4.90 Å².